The molecule has 0 aliphatic heterocycles. The van der Waals surface area contributed by atoms with Gasteiger partial charge in [-0.2, -0.15) is 13.5 Å². The molecule has 2 amide bonds. The zero-order valence-electron chi connectivity index (χ0n) is 23.6. The molecule has 2 aromatic carbocycles. The molecule has 44 heavy (non-hydrogen) atoms. The number of hydrogen-bond donors (Lipinski definition) is 2. The van der Waals surface area contributed by atoms with Crippen LogP contribution < -0.4 is 34.3 Å². The van der Waals surface area contributed by atoms with Gasteiger partial charge in [0.1, 0.15) is 22.7 Å². The maximum absolute atomic E-state index is 13.1. The highest BCUT2D eigenvalue weighted by Crippen LogP contribution is 2.38. The van der Waals surface area contributed by atoms with Gasteiger partial charge in [-0.25, -0.2) is 4.79 Å². The van der Waals surface area contributed by atoms with Crippen molar-refractivity contribution < 1.29 is 46.8 Å². The number of carbonyl (C=O) groups is 2. The molecule has 1 aliphatic rings. The van der Waals surface area contributed by atoms with E-state index in [0.29, 0.717) is 45.6 Å². The molecule has 15 heteroatoms. The van der Waals surface area contributed by atoms with Crippen LogP contribution in [0.5, 0.6) is 23.0 Å². The fourth-order valence-corrected chi connectivity index (χ4v) is 4.70. The van der Waals surface area contributed by atoms with E-state index >= 15 is 0 Å². The van der Waals surface area contributed by atoms with E-state index in [1.165, 1.54) is 38.5 Å². The molecular formula is C29H29Cl2F2N3O8. The topological polar surface area (TPSA) is 131 Å². The Morgan fingerprint density at radius 2 is 1.68 bits per heavy atom. The minimum atomic E-state index is -3.09. The quantitative estimate of drug-likeness (QED) is 0.129. The number of carbonyl (C=O) groups excluding carboxylic acids is 2. The van der Waals surface area contributed by atoms with Gasteiger partial charge in [-0.05, 0) is 48.6 Å². The Morgan fingerprint density at radius 3 is 2.32 bits per heavy atom. The van der Waals surface area contributed by atoms with Crippen LogP contribution in [0.3, 0.4) is 0 Å². The molecule has 1 heterocycles. The zero-order valence-corrected chi connectivity index (χ0v) is 25.1. The summed E-state index contributed by atoms with van der Waals surface area (Å²) in [5, 5.41) is 16.8. The number of aromatic nitrogens is 1. The van der Waals surface area contributed by atoms with Gasteiger partial charge in [0.2, 0.25) is 0 Å². The number of anilines is 1. The number of methoxy groups -OCH3 is 2. The van der Waals surface area contributed by atoms with Crippen LogP contribution in [-0.2, 0) is 16.0 Å². The van der Waals surface area contributed by atoms with Gasteiger partial charge in [0.15, 0.2) is 35.4 Å². The zero-order chi connectivity index (χ0) is 31.8. The first-order valence-corrected chi connectivity index (χ1v) is 14.1. The summed E-state index contributed by atoms with van der Waals surface area (Å²) in [5.41, 5.74) is 1.01. The van der Waals surface area contributed by atoms with Crippen molar-refractivity contribution in [1.29, 1.82) is 0 Å². The first-order chi connectivity index (χ1) is 21.1. The van der Waals surface area contributed by atoms with Crippen LogP contribution in [0.4, 0.5) is 19.3 Å². The third kappa shape index (κ3) is 9.13. The minimum Gasteiger partial charge on any atom is -0.619 e. The lowest BCUT2D eigenvalue weighted by Gasteiger charge is -2.21. The smallest absolute Gasteiger partial charge is 0.387 e. The Morgan fingerprint density at radius 1 is 1.00 bits per heavy atom. The Balaban J connectivity index is 1.51. The SMILES string of the molecule is COc1ccc(NC(=O)NCC(=O)OC(Cc2c(Cl)c[n+]([O-])cc2Cl)c2ccc(OC(F)F)c(OCC3CC3)c2)cc1OC. The maximum atomic E-state index is 13.1. The van der Waals surface area contributed by atoms with E-state index in [1.807, 2.05) is 0 Å². The van der Waals surface area contributed by atoms with E-state index in [1.54, 1.807) is 12.1 Å². The maximum Gasteiger partial charge on any atom is 0.387 e. The Labute approximate surface area is 261 Å². The predicted octanol–water partition coefficient (Wildman–Crippen LogP) is 5.68. The number of halogens is 4. The summed E-state index contributed by atoms with van der Waals surface area (Å²) in [5.74, 6) is 0.166. The van der Waals surface area contributed by atoms with Gasteiger partial charge in [0.25, 0.3) is 0 Å². The highest BCUT2D eigenvalue weighted by atomic mass is 35.5. The first kappa shape index (κ1) is 32.7. The minimum absolute atomic E-state index is 0.0174. The molecule has 1 aliphatic carbocycles. The number of hydrogen-bond acceptors (Lipinski definition) is 8. The molecule has 11 nitrogen and oxygen atoms in total. The molecule has 1 saturated carbocycles. The van der Waals surface area contributed by atoms with E-state index in [-0.39, 0.29) is 28.0 Å². The van der Waals surface area contributed by atoms with Crippen molar-refractivity contribution in [3.8, 4) is 23.0 Å². The van der Waals surface area contributed by atoms with Crippen molar-refractivity contribution in [2.24, 2.45) is 5.92 Å². The molecule has 1 aromatic heterocycles. The number of nitrogens with one attached hydrogen (secondary N) is 2. The summed E-state index contributed by atoms with van der Waals surface area (Å²) in [6.07, 6.45) is 2.92. The molecule has 1 fully saturated rings. The van der Waals surface area contributed by atoms with Gasteiger partial charge in [0, 0.05) is 23.7 Å². The number of ether oxygens (including phenoxy) is 5. The summed E-state index contributed by atoms with van der Waals surface area (Å²) in [7, 11) is 2.92. The molecular weight excluding hydrogens is 627 g/mol. The second kappa shape index (κ2) is 15.0. The van der Waals surface area contributed by atoms with Crippen LogP contribution in [0.15, 0.2) is 48.8 Å². The summed E-state index contributed by atoms with van der Waals surface area (Å²) >= 11 is 12.5. The number of alkyl halides is 2. The largest absolute Gasteiger partial charge is 0.619 e. The van der Waals surface area contributed by atoms with Crippen LogP contribution in [0.25, 0.3) is 0 Å². The number of nitrogens with zero attached hydrogens (tertiary/aromatic N) is 1. The fraction of sp³-hybridized carbons (Fsp3) is 0.345. The highest BCUT2D eigenvalue weighted by molar-refractivity contribution is 6.35. The van der Waals surface area contributed by atoms with Crippen molar-refractivity contribution in [1.82, 2.24) is 5.32 Å². The molecule has 1 atom stereocenters. The molecule has 3 aromatic rings. The summed E-state index contributed by atoms with van der Waals surface area (Å²) < 4.78 is 53.0. The lowest BCUT2D eigenvalue weighted by atomic mass is 10.0. The highest BCUT2D eigenvalue weighted by Gasteiger charge is 2.26. The van der Waals surface area contributed by atoms with Crippen LogP contribution in [-0.4, -0.2) is 46.0 Å². The number of esters is 1. The molecule has 4 rings (SSSR count). The van der Waals surface area contributed by atoms with Crippen molar-refractivity contribution in [3.05, 3.63) is 75.2 Å². The number of pyridine rings is 1. The van der Waals surface area contributed by atoms with E-state index in [2.05, 4.69) is 15.4 Å². The fourth-order valence-electron chi connectivity index (χ4n) is 4.10. The number of rotatable bonds is 14. The van der Waals surface area contributed by atoms with Crippen molar-refractivity contribution >= 4 is 40.9 Å². The normalized spacial score (nSPS) is 13.2. The number of amides is 2. The third-order valence-electron chi connectivity index (χ3n) is 6.48. The molecule has 236 valence electrons. The van der Waals surface area contributed by atoms with E-state index in [4.69, 9.17) is 42.1 Å². The first-order valence-electron chi connectivity index (χ1n) is 13.3. The summed E-state index contributed by atoms with van der Waals surface area (Å²) in [4.78, 5) is 25.4. The lowest BCUT2D eigenvalue weighted by molar-refractivity contribution is -0.605. The Kier molecular flexibility index (Phi) is 11.1. The van der Waals surface area contributed by atoms with Gasteiger partial charge in [-0.1, -0.05) is 29.3 Å². The average molecular weight is 656 g/mol. The molecule has 2 N–H and O–H groups in total. The van der Waals surface area contributed by atoms with Crippen LogP contribution in [0, 0.1) is 11.1 Å². The predicted molar refractivity (Wildman–Crippen MR) is 156 cm³/mol. The van der Waals surface area contributed by atoms with Crippen LogP contribution >= 0.6 is 23.2 Å². The summed E-state index contributed by atoms with van der Waals surface area (Å²) in [6.45, 7) is -3.33. The summed E-state index contributed by atoms with van der Waals surface area (Å²) in [6, 6.07) is 8.14. The Bertz CT molecular complexity index is 1470. The van der Waals surface area contributed by atoms with E-state index in [9.17, 15) is 23.6 Å². The molecule has 0 spiro atoms. The Hall–Kier alpha value is -4.23. The van der Waals surface area contributed by atoms with Gasteiger partial charge < -0.3 is 39.5 Å². The molecule has 0 saturated heterocycles. The van der Waals surface area contributed by atoms with Crippen LogP contribution in [0.2, 0.25) is 10.0 Å². The molecule has 0 bridgehead atoms. The van der Waals surface area contributed by atoms with Crippen molar-refractivity contribution in [3.63, 3.8) is 0 Å². The monoisotopic (exact) mass is 655 g/mol. The lowest BCUT2D eigenvalue weighted by Crippen LogP contribution is -2.34. The molecule has 0 radical (unpaired) electrons. The average Bonchev–Trinajstić information content (AvgIpc) is 3.81. The van der Waals surface area contributed by atoms with Gasteiger partial charge in [0.05, 0.1) is 20.8 Å². The van der Waals surface area contributed by atoms with E-state index < -0.39 is 31.3 Å². The third-order valence-corrected chi connectivity index (χ3v) is 7.13. The number of urea groups is 1. The second-order valence-electron chi connectivity index (χ2n) is 9.69. The second-order valence-corrected chi connectivity index (χ2v) is 10.5. The van der Waals surface area contributed by atoms with Crippen LogP contribution in [0.1, 0.15) is 30.1 Å². The van der Waals surface area contributed by atoms with Crippen molar-refractivity contribution in [2.75, 3.05) is 32.7 Å². The standard InChI is InChI=1S/C29H29Cl2F2N3O8/c1-40-22-8-6-18(10-25(22)41-2)35-29(38)34-12-27(37)43-24(11-19-20(30)13-36(39)14-21(19)31)17-5-7-23(44-28(32)33)26(9-17)42-15-16-3-4-16/h5-10,13-14,16,24,28H,3-4,11-12,15H2,1-2H3,(H2,34,35,38). The molecule has 1 unspecified atom stereocenters. The van der Waals surface area contributed by atoms with E-state index in [0.717, 1.165) is 25.2 Å². The van der Waals surface area contributed by atoms with Gasteiger partial charge >= 0.3 is 18.6 Å². The van der Waals surface area contributed by atoms with Gasteiger partial charge in [-0.15, -0.1) is 0 Å². The number of benzene rings is 2. The van der Waals surface area contributed by atoms with Crippen molar-refractivity contribution in [2.45, 2.75) is 32.0 Å². The van der Waals surface area contributed by atoms with Gasteiger partial charge in [-0.3, -0.25) is 4.79 Å².